The maximum Gasteiger partial charge on any atom is 0.182 e. The molecule has 8 heavy (non-hydrogen) atoms. The zero-order chi connectivity index (χ0) is 5.28. The van der Waals surface area contributed by atoms with Crippen LogP contribution in [0.2, 0.25) is 0 Å². The highest BCUT2D eigenvalue weighted by Gasteiger charge is 1.87. The summed E-state index contributed by atoms with van der Waals surface area (Å²) in [6.07, 6.45) is 0. The van der Waals surface area contributed by atoms with Crippen LogP contribution in [0.15, 0.2) is 5.38 Å². The van der Waals surface area contributed by atoms with E-state index in [9.17, 15) is 0 Å². The molecule has 1 aromatic heterocycles. The predicted molar refractivity (Wildman–Crippen MR) is 38.2 cm³/mol. The lowest BCUT2D eigenvalue weighted by Gasteiger charge is -1.72. The van der Waals surface area contributed by atoms with Crippen molar-refractivity contribution >= 4 is 34.7 Å². The van der Waals surface area contributed by atoms with Crippen molar-refractivity contribution in [1.82, 2.24) is 4.98 Å². The largest absolute Gasteiger partial charge is 0.383 e. The highest BCUT2D eigenvalue weighted by molar-refractivity contribution is 7.13. The van der Waals surface area contributed by atoms with E-state index >= 15 is 0 Å². The van der Waals surface area contributed by atoms with Crippen molar-refractivity contribution in [2.75, 3.05) is 11.5 Å². The van der Waals surface area contributed by atoms with E-state index in [1.165, 1.54) is 11.3 Å². The highest BCUT2D eigenvalue weighted by atomic mass is 35.5. The first kappa shape index (κ1) is 7.52. The molecule has 0 fully saturated rings. The Bertz CT molecular complexity index is 147. The van der Waals surface area contributed by atoms with Crippen LogP contribution in [0.5, 0.6) is 0 Å². The fraction of sp³-hybridized carbons (Fsp3) is 0. The Hall–Kier alpha value is -0.480. The molecule has 1 heterocycles. The lowest BCUT2D eigenvalue weighted by Crippen LogP contribution is -1.85. The molecule has 0 saturated carbocycles. The third kappa shape index (κ3) is 1.55. The minimum atomic E-state index is 0. The number of nitrogen functional groups attached to an aromatic ring is 2. The van der Waals surface area contributed by atoms with Crippen LogP contribution in [0.1, 0.15) is 0 Å². The van der Waals surface area contributed by atoms with Gasteiger partial charge in [-0.1, -0.05) is 0 Å². The quantitative estimate of drug-likeness (QED) is 0.575. The standard InChI is InChI=1S/C3H5N3S.ClH/c4-2-1-7-3(5)6-2;/h1H,4H2,(H2,5,6);1H. The molecule has 0 amide bonds. The number of anilines is 2. The van der Waals surface area contributed by atoms with Crippen LogP contribution < -0.4 is 11.5 Å². The summed E-state index contributed by atoms with van der Waals surface area (Å²) >= 11 is 1.35. The van der Waals surface area contributed by atoms with Crippen molar-refractivity contribution in [3.8, 4) is 0 Å². The summed E-state index contributed by atoms with van der Waals surface area (Å²) in [4.78, 5) is 3.69. The molecule has 0 radical (unpaired) electrons. The first-order valence-corrected chi connectivity index (χ1v) is 2.63. The van der Waals surface area contributed by atoms with Crippen molar-refractivity contribution in [2.45, 2.75) is 0 Å². The number of hydrogen-bond donors (Lipinski definition) is 2. The molecule has 0 saturated heterocycles. The van der Waals surface area contributed by atoms with Crippen LogP contribution >= 0.6 is 23.7 Å². The molecule has 1 rings (SSSR count). The smallest absolute Gasteiger partial charge is 0.182 e. The summed E-state index contributed by atoms with van der Waals surface area (Å²) < 4.78 is 0. The van der Waals surface area contributed by atoms with Gasteiger partial charge in [-0.05, 0) is 0 Å². The minimum absolute atomic E-state index is 0. The average molecular weight is 152 g/mol. The summed E-state index contributed by atoms with van der Waals surface area (Å²) in [7, 11) is 0. The van der Waals surface area contributed by atoms with Gasteiger partial charge in [0.1, 0.15) is 5.82 Å². The summed E-state index contributed by atoms with van der Waals surface area (Å²) in [5.74, 6) is 0.502. The number of hydrogen-bond acceptors (Lipinski definition) is 4. The molecule has 5 heteroatoms. The summed E-state index contributed by atoms with van der Waals surface area (Å²) in [6, 6.07) is 0. The molecule has 0 aliphatic heterocycles. The van der Waals surface area contributed by atoms with E-state index in [0.717, 1.165) is 0 Å². The van der Waals surface area contributed by atoms with E-state index in [-0.39, 0.29) is 12.4 Å². The molecule has 0 atom stereocenters. The summed E-state index contributed by atoms with van der Waals surface area (Å²) in [5.41, 5.74) is 10.4. The summed E-state index contributed by atoms with van der Waals surface area (Å²) in [6.45, 7) is 0. The first-order chi connectivity index (χ1) is 3.29. The monoisotopic (exact) mass is 151 g/mol. The van der Waals surface area contributed by atoms with Crippen LogP contribution in [0, 0.1) is 0 Å². The van der Waals surface area contributed by atoms with Gasteiger partial charge in [-0.15, -0.1) is 23.7 Å². The van der Waals surface area contributed by atoms with Gasteiger partial charge in [-0.3, -0.25) is 0 Å². The number of aromatic nitrogens is 1. The van der Waals surface area contributed by atoms with Gasteiger partial charge >= 0.3 is 0 Å². The molecule has 0 aliphatic carbocycles. The maximum atomic E-state index is 5.21. The molecule has 46 valence electrons. The molecule has 0 spiro atoms. The predicted octanol–water partition coefficient (Wildman–Crippen LogP) is 0.729. The number of halogens is 1. The molecule has 0 aromatic carbocycles. The average Bonchev–Trinajstić information content (AvgIpc) is 1.87. The van der Waals surface area contributed by atoms with Gasteiger partial charge in [-0.25, -0.2) is 4.98 Å². The molecule has 0 unspecified atom stereocenters. The zero-order valence-electron chi connectivity index (χ0n) is 4.00. The molecule has 3 nitrogen and oxygen atoms in total. The zero-order valence-corrected chi connectivity index (χ0v) is 5.63. The number of thiazole rings is 1. The maximum absolute atomic E-state index is 5.21. The molecule has 1 aromatic rings. The second-order valence-corrected chi connectivity index (χ2v) is 2.00. The lowest BCUT2D eigenvalue weighted by molar-refractivity contribution is 1.43. The summed E-state index contributed by atoms with van der Waals surface area (Å²) in [5, 5.41) is 2.23. The SMILES string of the molecule is Cl.Nc1csc(N)n1. The van der Waals surface area contributed by atoms with Crippen molar-refractivity contribution < 1.29 is 0 Å². The van der Waals surface area contributed by atoms with Gasteiger partial charge in [0.15, 0.2) is 5.13 Å². The lowest BCUT2D eigenvalue weighted by atomic mass is 10.8. The number of nitrogens with zero attached hydrogens (tertiary/aromatic N) is 1. The number of nitrogens with two attached hydrogens (primary N) is 2. The van der Waals surface area contributed by atoms with E-state index in [0.29, 0.717) is 10.9 Å². The highest BCUT2D eigenvalue weighted by Crippen LogP contribution is 2.10. The van der Waals surface area contributed by atoms with Crippen LogP contribution in [-0.2, 0) is 0 Å². The topological polar surface area (TPSA) is 64.9 Å². The Morgan fingerprint density at radius 3 is 2.25 bits per heavy atom. The van der Waals surface area contributed by atoms with Crippen molar-refractivity contribution in [2.24, 2.45) is 0 Å². The molecule has 0 bridgehead atoms. The minimum Gasteiger partial charge on any atom is -0.383 e. The van der Waals surface area contributed by atoms with Gasteiger partial charge < -0.3 is 11.5 Å². The molecular formula is C3H6ClN3S. The first-order valence-electron chi connectivity index (χ1n) is 1.75. The second kappa shape index (κ2) is 2.74. The van der Waals surface area contributed by atoms with Crippen LogP contribution in [0.3, 0.4) is 0 Å². The molecular weight excluding hydrogens is 146 g/mol. The number of rotatable bonds is 0. The second-order valence-electron chi connectivity index (χ2n) is 1.11. The van der Waals surface area contributed by atoms with Crippen LogP contribution in [0.4, 0.5) is 10.9 Å². The third-order valence-electron chi connectivity index (χ3n) is 0.540. The van der Waals surface area contributed by atoms with E-state index in [4.69, 9.17) is 11.5 Å². The van der Waals surface area contributed by atoms with Gasteiger partial charge in [0.25, 0.3) is 0 Å². The Labute approximate surface area is 57.1 Å². The Balaban J connectivity index is 0.000000490. The Morgan fingerprint density at radius 2 is 2.12 bits per heavy atom. The van der Waals surface area contributed by atoms with E-state index in [1.807, 2.05) is 0 Å². The molecule has 4 N–H and O–H groups in total. The fourth-order valence-electron chi connectivity index (χ4n) is 0.301. The normalized spacial score (nSPS) is 8.00. The van der Waals surface area contributed by atoms with Gasteiger partial charge in [-0.2, -0.15) is 0 Å². The third-order valence-corrected chi connectivity index (χ3v) is 1.23. The van der Waals surface area contributed by atoms with E-state index < -0.39 is 0 Å². The van der Waals surface area contributed by atoms with Crippen molar-refractivity contribution in [3.63, 3.8) is 0 Å². The van der Waals surface area contributed by atoms with E-state index in [1.54, 1.807) is 5.38 Å². The Morgan fingerprint density at radius 1 is 1.50 bits per heavy atom. The van der Waals surface area contributed by atoms with Gasteiger partial charge in [0.2, 0.25) is 0 Å². The fourth-order valence-corrected chi connectivity index (χ4v) is 0.753. The van der Waals surface area contributed by atoms with Gasteiger partial charge in [0, 0.05) is 5.38 Å². The Kier molecular flexibility index (Phi) is 2.57. The molecule has 0 aliphatic rings. The van der Waals surface area contributed by atoms with Crippen LogP contribution in [-0.4, -0.2) is 4.98 Å². The van der Waals surface area contributed by atoms with E-state index in [2.05, 4.69) is 4.98 Å². The van der Waals surface area contributed by atoms with Crippen molar-refractivity contribution in [1.29, 1.82) is 0 Å². The van der Waals surface area contributed by atoms with Gasteiger partial charge in [0.05, 0.1) is 0 Å². The van der Waals surface area contributed by atoms with Crippen LogP contribution in [0.25, 0.3) is 0 Å². The van der Waals surface area contributed by atoms with Crippen molar-refractivity contribution in [3.05, 3.63) is 5.38 Å².